The first-order valence-electron chi connectivity index (χ1n) is 14.2. The van der Waals surface area contributed by atoms with E-state index >= 15 is 0 Å². The fourth-order valence-electron chi connectivity index (χ4n) is 6.60. The second kappa shape index (κ2) is 8.88. The fraction of sp³-hybridized carbons (Fsp3) is 0. The van der Waals surface area contributed by atoms with Crippen molar-refractivity contribution in [1.29, 1.82) is 0 Å². The average molecular weight is 537 g/mol. The number of hydrogen-bond donors (Lipinski definition) is 0. The minimum absolute atomic E-state index is 0.853. The van der Waals surface area contributed by atoms with E-state index in [0.29, 0.717) is 0 Å². The third-order valence-electron chi connectivity index (χ3n) is 8.42. The van der Waals surface area contributed by atoms with E-state index in [2.05, 4.69) is 141 Å². The summed E-state index contributed by atoms with van der Waals surface area (Å²) in [6.07, 6.45) is 1.87. The van der Waals surface area contributed by atoms with Crippen molar-refractivity contribution in [2.45, 2.75) is 0 Å². The lowest BCUT2D eigenvalue weighted by atomic mass is 10.0. The van der Waals surface area contributed by atoms with E-state index in [-0.39, 0.29) is 0 Å². The number of aromatic nitrogens is 4. The zero-order chi connectivity index (χ0) is 27.6. The van der Waals surface area contributed by atoms with Gasteiger partial charge in [-0.2, -0.15) is 10.2 Å². The maximum Gasteiger partial charge on any atom is 0.0950 e. The van der Waals surface area contributed by atoms with Gasteiger partial charge in [-0.1, -0.05) is 97.1 Å². The third-order valence-corrected chi connectivity index (χ3v) is 8.42. The summed E-state index contributed by atoms with van der Waals surface area (Å²) in [6, 6.07) is 49.6. The van der Waals surface area contributed by atoms with Crippen LogP contribution in [-0.2, 0) is 0 Å². The number of fused-ring (bicyclic) bond motifs is 8. The molecule has 6 aromatic carbocycles. The van der Waals surface area contributed by atoms with Gasteiger partial charge < -0.3 is 9.13 Å². The summed E-state index contributed by atoms with van der Waals surface area (Å²) < 4.78 is 4.74. The minimum atomic E-state index is 0.853. The van der Waals surface area contributed by atoms with Gasteiger partial charge in [0.05, 0.1) is 39.6 Å². The zero-order valence-corrected chi connectivity index (χ0v) is 22.6. The molecule has 3 aromatic heterocycles. The number of para-hydroxylation sites is 3. The van der Waals surface area contributed by atoms with Crippen molar-refractivity contribution in [2.24, 2.45) is 0 Å². The third kappa shape index (κ3) is 3.29. The molecule has 4 nitrogen and oxygen atoms in total. The SMILES string of the molecule is c1ccc(-c2cc(-n3c4ccccc4c4ccc5cc6c7ccccc7n(-c7ccccc7)c6cc5c43)cnn2)cc1. The van der Waals surface area contributed by atoms with E-state index in [0.717, 1.165) is 28.1 Å². The topological polar surface area (TPSA) is 35.6 Å². The Morgan fingerprint density at radius 2 is 1.10 bits per heavy atom. The Morgan fingerprint density at radius 1 is 0.429 bits per heavy atom. The number of rotatable bonds is 3. The molecule has 0 fully saturated rings. The summed E-state index contributed by atoms with van der Waals surface area (Å²) in [5, 5.41) is 16.3. The zero-order valence-electron chi connectivity index (χ0n) is 22.6. The average Bonchev–Trinajstić information content (AvgIpc) is 3.57. The van der Waals surface area contributed by atoms with Crippen LogP contribution in [0.25, 0.3) is 77.0 Å². The predicted octanol–water partition coefficient (Wildman–Crippen LogP) is 9.49. The molecule has 0 bridgehead atoms. The molecule has 196 valence electrons. The van der Waals surface area contributed by atoms with Gasteiger partial charge >= 0.3 is 0 Å². The van der Waals surface area contributed by atoms with Crippen LogP contribution in [0, 0.1) is 0 Å². The maximum absolute atomic E-state index is 4.49. The van der Waals surface area contributed by atoms with Crippen molar-refractivity contribution in [3.05, 3.63) is 146 Å². The quantitative estimate of drug-likeness (QED) is 0.225. The standard InChI is InChI=1S/C38H24N4/c1-3-11-25(12-4-1)34-22-28(24-39-40-34)42-36-18-10-7-15-29(36)31-20-19-26-21-33-30-16-8-9-17-35(30)41(27-13-5-2-6-14-27)37(33)23-32(26)38(31)42/h1-24H. The van der Waals surface area contributed by atoms with Crippen LogP contribution in [0.15, 0.2) is 146 Å². The van der Waals surface area contributed by atoms with Crippen molar-refractivity contribution in [1.82, 2.24) is 19.3 Å². The van der Waals surface area contributed by atoms with E-state index in [4.69, 9.17) is 0 Å². The molecule has 0 unspecified atom stereocenters. The molecule has 0 saturated carbocycles. The van der Waals surface area contributed by atoms with Crippen LogP contribution in [0.1, 0.15) is 0 Å². The lowest BCUT2D eigenvalue weighted by molar-refractivity contribution is 1.01. The van der Waals surface area contributed by atoms with Gasteiger partial charge in [-0.3, -0.25) is 0 Å². The van der Waals surface area contributed by atoms with Crippen LogP contribution in [0.2, 0.25) is 0 Å². The Kier molecular flexibility index (Phi) is 4.87. The molecular weight excluding hydrogens is 512 g/mol. The highest BCUT2D eigenvalue weighted by Crippen LogP contribution is 2.40. The van der Waals surface area contributed by atoms with E-state index in [1.807, 2.05) is 24.4 Å². The number of benzene rings is 6. The van der Waals surface area contributed by atoms with Gasteiger partial charge in [0.25, 0.3) is 0 Å². The summed E-state index contributed by atoms with van der Waals surface area (Å²) in [4.78, 5) is 0. The van der Waals surface area contributed by atoms with Crippen molar-refractivity contribution < 1.29 is 0 Å². The van der Waals surface area contributed by atoms with Crippen LogP contribution in [-0.4, -0.2) is 19.3 Å². The normalized spacial score (nSPS) is 11.8. The molecule has 0 atom stereocenters. The van der Waals surface area contributed by atoms with Crippen molar-refractivity contribution in [3.8, 4) is 22.6 Å². The maximum atomic E-state index is 4.49. The van der Waals surface area contributed by atoms with E-state index in [9.17, 15) is 0 Å². The molecule has 0 aliphatic rings. The molecule has 0 amide bonds. The summed E-state index contributed by atoms with van der Waals surface area (Å²) in [6.45, 7) is 0. The van der Waals surface area contributed by atoms with Crippen molar-refractivity contribution in [2.75, 3.05) is 0 Å². The van der Waals surface area contributed by atoms with Gasteiger partial charge in [0.2, 0.25) is 0 Å². The summed E-state index contributed by atoms with van der Waals surface area (Å²) in [7, 11) is 0. The first-order chi connectivity index (χ1) is 20.8. The summed E-state index contributed by atoms with van der Waals surface area (Å²) >= 11 is 0. The van der Waals surface area contributed by atoms with Gasteiger partial charge in [-0.05, 0) is 47.9 Å². The van der Waals surface area contributed by atoms with Gasteiger partial charge in [0.1, 0.15) is 0 Å². The van der Waals surface area contributed by atoms with E-state index in [1.165, 1.54) is 48.9 Å². The second-order valence-corrected chi connectivity index (χ2v) is 10.8. The fourth-order valence-corrected chi connectivity index (χ4v) is 6.60. The smallest absolute Gasteiger partial charge is 0.0950 e. The van der Waals surface area contributed by atoms with Gasteiger partial charge in [0.15, 0.2) is 0 Å². The predicted molar refractivity (Wildman–Crippen MR) is 174 cm³/mol. The highest BCUT2D eigenvalue weighted by atomic mass is 15.1. The van der Waals surface area contributed by atoms with Gasteiger partial charge in [0, 0.05) is 38.2 Å². The Hall–Kier alpha value is -5.74. The number of nitrogens with zero attached hydrogens (tertiary/aromatic N) is 4. The Bertz CT molecular complexity index is 2450. The van der Waals surface area contributed by atoms with Crippen molar-refractivity contribution >= 4 is 54.4 Å². The van der Waals surface area contributed by atoms with Crippen LogP contribution < -0.4 is 0 Å². The second-order valence-electron chi connectivity index (χ2n) is 10.8. The van der Waals surface area contributed by atoms with Crippen molar-refractivity contribution in [3.63, 3.8) is 0 Å². The molecule has 0 radical (unpaired) electrons. The molecule has 0 aliphatic heterocycles. The molecule has 0 N–H and O–H groups in total. The van der Waals surface area contributed by atoms with E-state index < -0.39 is 0 Å². The lowest BCUT2D eigenvalue weighted by Gasteiger charge is -2.12. The molecular formula is C38H24N4. The Labute approximate surface area is 241 Å². The van der Waals surface area contributed by atoms with Crippen LogP contribution in [0.3, 0.4) is 0 Å². The molecule has 3 heterocycles. The number of hydrogen-bond acceptors (Lipinski definition) is 2. The Balaban J connectivity index is 1.43. The first kappa shape index (κ1) is 23.0. The summed E-state index contributed by atoms with van der Waals surface area (Å²) in [5.41, 5.74) is 8.77. The highest BCUT2D eigenvalue weighted by molar-refractivity contribution is 6.22. The summed E-state index contributed by atoms with van der Waals surface area (Å²) in [5.74, 6) is 0. The molecule has 9 aromatic rings. The van der Waals surface area contributed by atoms with Gasteiger partial charge in [-0.25, -0.2) is 0 Å². The molecule has 4 heteroatoms. The molecule has 0 spiro atoms. The Morgan fingerprint density at radius 3 is 1.88 bits per heavy atom. The molecule has 42 heavy (non-hydrogen) atoms. The lowest BCUT2D eigenvalue weighted by Crippen LogP contribution is -1.98. The van der Waals surface area contributed by atoms with Crippen LogP contribution >= 0.6 is 0 Å². The minimum Gasteiger partial charge on any atom is -0.309 e. The van der Waals surface area contributed by atoms with Crippen LogP contribution in [0.4, 0.5) is 0 Å². The largest absolute Gasteiger partial charge is 0.309 e. The van der Waals surface area contributed by atoms with E-state index in [1.54, 1.807) is 0 Å². The first-order valence-corrected chi connectivity index (χ1v) is 14.2. The monoisotopic (exact) mass is 536 g/mol. The van der Waals surface area contributed by atoms with Gasteiger partial charge in [-0.15, -0.1) is 0 Å². The van der Waals surface area contributed by atoms with Crippen LogP contribution in [0.5, 0.6) is 0 Å². The molecule has 0 saturated heterocycles. The molecule has 0 aliphatic carbocycles. The molecule has 9 rings (SSSR count). The highest BCUT2D eigenvalue weighted by Gasteiger charge is 2.19.